The lowest BCUT2D eigenvalue weighted by Crippen LogP contribution is -2.54. The lowest BCUT2D eigenvalue weighted by Gasteiger charge is -2.37. The van der Waals surface area contributed by atoms with E-state index in [-0.39, 0.29) is 5.82 Å². The van der Waals surface area contributed by atoms with Crippen LogP contribution in [0.3, 0.4) is 0 Å². The highest BCUT2D eigenvalue weighted by Crippen LogP contribution is 2.25. The van der Waals surface area contributed by atoms with E-state index < -0.39 is 0 Å². The summed E-state index contributed by atoms with van der Waals surface area (Å²) in [6.45, 7) is 8.19. The molecule has 3 aromatic heterocycles. The van der Waals surface area contributed by atoms with Gasteiger partial charge >= 0.3 is 0 Å². The number of nitrogens with zero attached hydrogens (tertiary/aromatic N) is 5. The minimum absolute atomic E-state index is 0.316. The summed E-state index contributed by atoms with van der Waals surface area (Å²) in [7, 11) is 0. The van der Waals surface area contributed by atoms with Crippen molar-refractivity contribution >= 4 is 22.2 Å². The topological polar surface area (TPSA) is 58.4 Å². The van der Waals surface area contributed by atoms with Crippen molar-refractivity contribution in [1.82, 2.24) is 24.7 Å². The second-order valence-electron chi connectivity index (χ2n) is 8.00. The zero-order chi connectivity index (χ0) is 20.1. The fraction of sp³-hybridized carbons (Fsp3) is 0.318. The number of piperazine rings is 1. The molecule has 1 N–H and O–H groups in total. The Morgan fingerprint density at radius 3 is 2.66 bits per heavy atom. The Morgan fingerprint density at radius 1 is 1.07 bits per heavy atom. The third-order valence-corrected chi connectivity index (χ3v) is 5.37. The van der Waals surface area contributed by atoms with Gasteiger partial charge in [0.15, 0.2) is 17.3 Å². The van der Waals surface area contributed by atoms with Crippen LogP contribution in [0.2, 0.25) is 0 Å². The molecule has 1 fully saturated rings. The quantitative estimate of drug-likeness (QED) is 0.567. The van der Waals surface area contributed by atoms with E-state index in [0.717, 1.165) is 29.7 Å². The maximum Gasteiger partial charge on any atom is 0.173 e. The van der Waals surface area contributed by atoms with Crippen LogP contribution in [0.1, 0.15) is 19.5 Å². The molecule has 0 unspecified atom stereocenters. The molecule has 0 aliphatic carbocycles. The van der Waals surface area contributed by atoms with Gasteiger partial charge in [0.05, 0.1) is 11.2 Å². The molecule has 4 heterocycles. The highest BCUT2D eigenvalue weighted by Gasteiger charge is 2.21. The van der Waals surface area contributed by atoms with Gasteiger partial charge in [-0.1, -0.05) is 0 Å². The number of anilines is 1. The van der Waals surface area contributed by atoms with Gasteiger partial charge < -0.3 is 14.6 Å². The van der Waals surface area contributed by atoms with E-state index in [2.05, 4.69) is 51.1 Å². The lowest BCUT2D eigenvalue weighted by molar-refractivity contribution is 0.407. The number of hydrogen-bond acceptors (Lipinski definition) is 5. The summed E-state index contributed by atoms with van der Waals surface area (Å²) >= 11 is 0. The Morgan fingerprint density at radius 2 is 1.86 bits per heavy atom. The Bertz CT molecular complexity index is 1210. The third-order valence-electron chi connectivity index (χ3n) is 5.37. The van der Waals surface area contributed by atoms with Crippen molar-refractivity contribution in [3.05, 3.63) is 54.4 Å². The Kier molecular flexibility index (Phi) is 4.20. The first kappa shape index (κ1) is 18.0. The molecule has 1 saturated heterocycles. The second kappa shape index (κ2) is 6.77. The zero-order valence-corrected chi connectivity index (χ0v) is 16.7. The summed E-state index contributed by atoms with van der Waals surface area (Å²) < 4.78 is 16.1. The molecule has 0 spiro atoms. The van der Waals surface area contributed by atoms with E-state index in [0.29, 0.717) is 29.1 Å². The molecule has 5 rings (SSSR count). The van der Waals surface area contributed by atoms with Crippen LogP contribution in [0, 0.1) is 12.7 Å². The molecule has 1 aliphatic heterocycles. The number of halogens is 1. The van der Waals surface area contributed by atoms with Crippen molar-refractivity contribution < 1.29 is 4.39 Å². The summed E-state index contributed by atoms with van der Waals surface area (Å²) in [5, 5.41) is 4.53. The van der Waals surface area contributed by atoms with Crippen LogP contribution in [0.25, 0.3) is 27.9 Å². The van der Waals surface area contributed by atoms with Crippen LogP contribution in [-0.2, 0) is 0 Å². The Balaban J connectivity index is 1.51. The molecule has 148 valence electrons. The van der Waals surface area contributed by atoms with Crippen molar-refractivity contribution in [3.8, 4) is 11.4 Å². The molecule has 7 heteroatoms. The van der Waals surface area contributed by atoms with E-state index in [1.54, 1.807) is 10.6 Å². The van der Waals surface area contributed by atoms with Crippen molar-refractivity contribution in [1.29, 1.82) is 0 Å². The van der Waals surface area contributed by atoms with Gasteiger partial charge in [0.1, 0.15) is 0 Å². The number of imidazole rings is 1. The van der Waals surface area contributed by atoms with Crippen molar-refractivity contribution in [2.45, 2.75) is 32.9 Å². The zero-order valence-electron chi connectivity index (χ0n) is 16.7. The number of fused-ring (bicyclic) bond motifs is 2. The summed E-state index contributed by atoms with van der Waals surface area (Å²) in [5.41, 5.74) is 3.73. The number of pyridine rings is 1. The number of rotatable bonds is 2. The largest absolute Gasteiger partial charge is 0.368 e. The maximum atomic E-state index is 14.4. The van der Waals surface area contributed by atoms with Crippen LogP contribution < -0.4 is 10.2 Å². The summed E-state index contributed by atoms with van der Waals surface area (Å²) in [6.07, 6.45) is 5.43. The van der Waals surface area contributed by atoms with Gasteiger partial charge in [0.25, 0.3) is 0 Å². The van der Waals surface area contributed by atoms with Crippen molar-refractivity contribution in [2.24, 2.45) is 0 Å². The average molecular weight is 390 g/mol. The lowest BCUT2D eigenvalue weighted by atomic mass is 10.1. The molecule has 2 atom stereocenters. The SMILES string of the molecule is Cc1cn2cc(-c3ncc4cc(N5C[C@@H](C)N[C@@H](C)C5)ccc4n3)cc(F)c2n1. The fourth-order valence-electron chi connectivity index (χ4n) is 4.20. The first-order valence-electron chi connectivity index (χ1n) is 9.89. The van der Waals surface area contributed by atoms with Gasteiger partial charge in [0.2, 0.25) is 0 Å². The summed E-state index contributed by atoms with van der Waals surface area (Å²) in [4.78, 5) is 15.8. The predicted molar refractivity (Wildman–Crippen MR) is 113 cm³/mol. The molecule has 4 aromatic rings. The van der Waals surface area contributed by atoms with Crippen LogP contribution in [0.15, 0.2) is 42.9 Å². The normalized spacial score (nSPS) is 19.9. The Hall–Kier alpha value is -3.06. The predicted octanol–water partition coefficient (Wildman–Crippen LogP) is 3.58. The monoisotopic (exact) mass is 390 g/mol. The molecule has 1 aromatic carbocycles. The number of benzene rings is 1. The molecule has 6 nitrogen and oxygen atoms in total. The van der Waals surface area contributed by atoms with Gasteiger partial charge in [0, 0.05) is 60.4 Å². The molecule has 0 radical (unpaired) electrons. The van der Waals surface area contributed by atoms with E-state index in [1.165, 1.54) is 11.8 Å². The first-order chi connectivity index (χ1) is 14.0. The average Bonchev–Trinajstić information content (AvgIpc) is 3.07. The van der Waals surface area contributed by atoms with Crippen LogP contribution in [-0.4, -0.2) is 44.5 Å². The summed E-state index contributed by atoms with van der Waals surface area (Å²) in [5.74, 6) is 0.124. The Labute approximate surface area is 168 Å². The fourth-order valence-corrected chi connectivity index (χ4v) is 4.20. The van der Waals surface area contributed by atoms with Crippen molar-refractivity contribution in [2.75, 3.05) is 18.0 Å². The smallest absolute Gasteiger partial charge is 0.173 e. The van der Waals surface area contributed by atoms with E-state index in [1.807, 2.05) is 25.4 Å². The van der Waals surface area contributed by atoms with E-state index in [9.17, 15) is 4.39 Å². The molecule has 0 amide bonds. The van der Waals surface area contributed by atoms with Crippen LogP contribution >= 0.6 is 0 Å². The second-order valence-corrected chi connectivity index (χ2v) is 8.00. The van der Waals surface area contributed by atoms with Gasteiger partial charge in [-0.05, 0) is 45.0 Å². The summed E-state index contributed by atoms with van der Waals surface area (Å²) in [6, 6.07) is 8.60. The van der Waals surface area contributed by atoms with Gasteiger partial charge in [-0.15, -0.1) is 0 Å². The first-order valence-corrected chi connectivity index (χ1v) is 9.89. The molecule has 0 bridgehead atoms. The highest BCUT2D eigenvalue weighted by molar-refractivity contribution is 5.83. The van der Waals surface area contributed by atoms with Crippen LogP contribution in [0.4, 0.5) is 10.1 Å². The molecule has 0 saturated carbocycles. The molecular weight excluding hydrogens is 367 g/mol. The maximum absolute atomic E-state index is 14.4. The third kappa shape index (κ3) is 3.31. The van der Waals surface area contributed by atoms with Gasteiger partial charge in [-0.2, -0.15) is 0 Å². The number of aryl methyl sites for hydroxylation is 1. The number of nitrogens with one attached hydrogen (secondary N) is 1. The van der Waals surface area contributed by atoms with E-state index >= 15 is 0 Å². The van der Waals surface area contributed by atoms with Crippen LogP contribution in [0.5, 0.6) is 0 Å². The van der Waals surface area contributed by atoms with Gasteiger partial charge in [-0.25, -0.2) is 19.3 Å². The molecule has 1 aliphatic rings. The van der Waals surface area contributed by atoms with Gasteiger partial charge in [-0.3, -0.25) is 0 Å². The van der Waals surface area contributed by atoms with E-state index in [4.69, 9.17) is 0 Å². The number of hydrogen-bond donors (Lipinski definition) is 1. The highest BCUT2D eigenvalue weighted by atomic mass is 19.1. The number of aromatic nitrogens is 4. The molecule has 29 heavy (non-hydrogen) atoms. The minimum atomic E-state index is -0.378. The minimum Gasteiger partial charge on any atom is -0.368 e. The van der Waals surface area contributed by atoms with Crippen molar-refractivity contribution in [3.63, 3.8) is 0 Å². The standard InChI is InChI=1S/C22H23FN6/c1-13-9-28(10-14(2)25-13)18-4-5-20-16(6-18)8-24-21(27-20)17-7-19(23)22-26-15(3)11-29(22)12-17/h4-8,11-14,25H,9-10H2,1-3H3/t13-,14+. The molecular formula is C22H23FN6.